The van der Waals surface area contributed by atoms with Gasteiger partial charge in [-0.15, -0.1) is 0 Å². The Hall–Kier alpha value is -5.06. The Morgan fingerprint density at radius 1 is 1.00 bits per heavy atom. The first-order chi connectivity index (χ1) is 20.2. The average Bonchev–Trinajstić information content (AvgIpc) is 3.32. The quantitative estimate of drug-likeness (QED) is 0.261. The Kier molecular flexibility index (Phi) is 8.28. The summed E-state index contributed by atoms with van der Waals surface area (Å²) in [6.07, 6.45) is 4.21. The van der Waals surface area contributed by atoms with Crippen molar-refractivity contribution in [3.05, 3.63) is 89.1 Å². The second-order valence-electron chi connectivity index (χ2n) is 10.4. The summed E-state index contributed by atoms with van der Waals surface area (Å²) >= 11 is 0. The van der Waals surface area contributed by atoms with Crippen LogP contribution in [0, 0.1) is 12.7 Å². The summed E-state index contributed by atoms with van der Waals surface area (Å²) in [4.78, 5) is 41.0. The second-order valence-corrected chi connectivity index (χ2v) is 10.4. The van der Waals surface area contributed by atoms with Crippen LogP contribution in [0.1, 0.15) is 62.6 Å². The highest BCUT2D eigenvalue weighted by Crippen LogP contribution is 2.31. The van der Waals surface area contributed by atoms with Crippen LogP contribution in [-0.4, -0.2) is 50.1 Å². The fraction of sp³-hybridized carbons (Fsp3) is 0.258. The van der Waals surface area contributed by atoms with E-state index in [2.05, 4.69) is 20.7 Å². The van der Waals surface area contributed by atoms with Crippen LogP contribution in [0.4, 0.5) is 4.39 Å². The molecule has 0 spiro atoms. The van der Waals surface area contributed by atoms with Gasteiger partial charge in [0.25, 0.3) is 11.8 Å². The molecule has 2 aromatic carbocycles. The third-order valence-corrected chi connectivity index (χ3v) is 7.26. The molecule has 3 N–H and O–H groups in total. The molecule has 11 heteroatoms. The van der Waals surface area contributed by atoms with Crippen molar-refractivity contribution in [3.8, 4) is 28.5 Å². The van der Waals surface area contributed by atoms with Gasteiger partial charge in [0.15, 0.2) is 0 Å². The molecule has 10 nitrogen and oxygen atoms in total. The topological polar surface area (TPSA) is 135 Å². The molecule has 216 valence electrons. The monoisotopic (exact) mass is 571 g/mol. The zero-order valence-corrected chi connectivity index (χ0v) is 23.1. The fourth-order valence-electron chi connectivity index (χ4n) is 4.97. The highest BCUT2D eigenvalue weighted by molar-refractivity contribution is 5.96. The number of rotatable bonds is 8. The van der Waals surface area contributed by atoms with Crippen LogP contribution in [0.25, 0.3) is 11.1 Å². The number of hydrogen-bond acceptors (Lipinski definition) is 7. The van der Waals surface area contributed by atoms with Crippen LogP contribution in [0.5, 0.6) is 17.4 Å². The molecule has 0 aliphatic heterocycles. The lowest BCUT2D eigenvalue weighted by Crippen LogP contribution is -2.44. The van der Waals surface area contributed by atoms with Gasteiger partial charge in [-0.25, -0.2) is 9.37 Å². The molecule has 1 aliphatic rings. The van der Waals surface area contributed by atoms with Crippen molar-refractivity contribution in [1.29, 1.82) is 0 Å². The van der Waals surface area contributed by atoms with Crippen LogP contribution in [0.2, 0.25) is 0 Å². The Balaban J connectivity index is 1.23. The molecule has 5 rings (SSSR count). The van der Waals surface area contributed by atoms with E-state index in [0.717, 1.165) is 18.0 Å². The van der Waals surface area contributed by atoms with Gasteiger partial charge in [-0.2, -0.15) is 5.10 Å². The number of amides is 2. The Labute approximate surface area is 241 Å². The third-order valence-electron chi connectivity index (χ3n) is 7.26. The molecule has 42 heavy (non-hydrogen) atoms. The second kappa shape index (κ2) is 12.2. The van der Waals surface area contributed by atoms with Crippen molar-refractivity contribution in [2.45, 2.75) is 44.7 Å². The number of hydrogen-bond donors (Lipinski definition) is 3. The van der Waals surface area contributed by atoms with Gasteiger partial charge in [0.1, 0.15) is 34.9 Å². The smallest absolute Gasteiger partial charge is 0.272 e. The van der Waals surface area contributed by atoms with Gasteiger partial charge in [0.2, 0.25) is 5.88 Å². The third kappa shape index (κ3) is 6.63. The van der Waals surface area contributed by atoms with Gasteiger partial charge in [0, 0.05) is 30.4 Å². The van der Waals surface area contributed by atoms with E-state index in [0.29, 0.717) is 60.1 Å². The number of aromatic hydroxyl groups is 1. The van der Waals surface area contributed by atoms with Crippen LogP contribution < -0.4 is 15.4 Å². The number of phenolic OH excluding ortho intramolecular Hbond substituents is 1. The van der Waals surface area contributed by atoms with Gasteiger partial charge in [-0.3, -0.25) is 19.1 Å². The van der Waals surface area contributed by atoms with E-state index in [9.17, 15) is 23.9 Å². The number of nitrogens with one attached hydrogen (secondary N) is 2. The van der Waals surface area contributed by atoms with Crippen LogP contribution in [0.15, 0.2) is 60.8 Å². The molecular weight excluding hydrogens is 541 g/mol. The van der Waals surface area contributed by atoms with E-state index < -0.39 is 11.7 Å². The lowest BCUT2D eigenvalue weighted by Gasteiger charge is -2.29. The molecule has 1 saturated carbocycles. The minimum Gasteiger partial charge on any atom is -0.508 e. The first-order valence-electron chi connectivity index (χ1n) is 13.5. The lowest BCUT2D eigenvalue weighted by atomic mass is 9.91. The largest absolute Gasteiger partial charge is 0.508 e. The number of halogens is 1. The fourth-order valence-corrected chi connectivity index (χ4v) is 4.97. The number of ether oxygens (including phenoxy) is 1. The molecule has 0 atom stereocenters. The molecule has 0 saturated heterocycles. The number of nitrogens with zero attached hydrogens (tertiary/aromatic N) is 3. The van der Waals surface area contributed by atoms with E-state index in [1.165, 1.54) is 12.1 Å². The summed E-state index contributed by atoms with van der Waals surface area (Å²) in [5, 5.41) is 20.1. The molecule has 0 bridgehead atoms. The highest BCUT2D eigenvalue weighted by atomic mass is 19.1. The highest BCUT2D eigenvalue weighted by Gasteiger charge is 2.26. The first kappa shape index (κ1) is 28.5. The molecule has 2 amide bonds. The molecule has 1 fully saturated rings. The Morgan fingerprint density at radius 3 is 2.38 bits per heavy atom. The molecule has 2 heterocycles. The molecule has 4 aromatic rings. The summed E-state index contributed by atoms with van der Waals surface area (Å²) in [6, 6.07) is 13.9. The van der Waals surface area contributed by atoms with Crippen LogP contribution >= 0.6 is 0 Å². The van der Waals surface area contributed by atoms with Crippen LogP contribution in [-0.2, 0) is 7.05 Å². The number of phenols is 1. The SMILES string of the molecule is Cc1cc(C(=O)N[C@H]2CC[C@H](NC(=O)c3cc(F)cnc3Oc3cccc(-c4cc(O)cc(C=O)c4)c3)CC2)nn1C. The maximum absolute atomic E-state index is 14.2. The summed E-state index contributed by atoms with van der Waals surface area (Å²) < 4.78 is 21.7. The summed E-state index contributed by atoms with van der Waals surface area (Å²) in [7, 11) is 1.78. The predicted molar refractivity (Wildman–Crippen MR) is 152 cm³/mol. The van der Waals surface area contributed by atoms with Crippen molar-refractivity contribution in [1.82, 2.24) is 25.4 Å². The number of aryl methyl sites for hydroxylation is 2. The number of pyridine rings is 1. The van der Waals surface area contributed by atoms with Gasteiger partial charge in [-0.1, -0.05) is 12.1 Å². The van der Waals surface area contributed by atoms with Gasteiger partial charge in [-0.05, 0) is 86.2 Å². The molecule has 2 aromatic heterocycles. The number of benzene rings is 2. The maximum atomic E-state index is 14.2. The van der Waals surface area contributed by atoms with E-state index >= 15 is 0 Å². The van der Waals surface area contributed by atoms with Crippen molar-refractivity contribution in [2.75, 3.05) is 0 Å². The Morgan fingerprint density at radius 2 is 1.71 bits per heavy atom. The van der Waals surface area contributed by atoms with E-state index in [-0.39, 0.29) is 35.2 Å². The van der Waals surface area contributed by atoms with Crippen molar-refractivity contribution < 1.29 is 28.6 Å². The zero-order valence-electron chi connectivity index (χ0n) is 23.1. The maximum Gasteiger partial charge on any atom is 0.272 e. The summed E-state index contributed by atoms with van der Waals surface area (Å²) in [5.74, 6) is -1.22. The van der Waals surface area contributed by atoms with E-state index in [1.807, 2.05) is 6.92 Å². The molecular formula is C31H30FN5O5. The number of carbonyl (C=O) groups excluding carboxylic acids is 3. The summed E-state index contributed by atoms with van der Waals surface area (Å²) in [5.41, 5.74) is 2.77. The van der Waals surface area contributed by atoms with E-state index in [1.54, 1.807) is 48.1 Å². The van der Waals surface area contributed by atoms with Gasteiger partial charge >= 0.3 is 0 Å². The van der Waals surface area contributed by atoms with Crippen LogP contribution in [0.3, 0.4) is 0 Å². The van der Waals surface area contributed by atoms with Gasteiger partial charge in [0.05, 0.1) is 6.20 Å². The normalized spacial score (nSPS) is 16.5. The van der Waals surface area contributed by atoms with E-state index in [4.69, 9.17) is 4.74 Å². The first-order valence-corrected chi connectivity index (χ1v) is 13.5. The standard InChI is InChI=1S/C31H30FN5O5/c1-18-10-28(36-37(18)2)30(41)35-24-8-6-23(7-9-24)34-29(40)27-15-22(32)16-33-31(27)42-26-5-3-4-20(14-26)21-11-19(17-38)12-25(39)13-21/h3-5,10-17,23-24,39H,6-9H2,1-2H3,(H,34,40)(H,35,41)/t23-,24-. The number of aldehydes is 1. The minimum atomic E-state index is -0.682. The van der Waals surface area contributed by atoms with Crippen molar-refractivity contribution >= 4 is 18.1 Å². The molecule has 1 aliphatic carbocycles. The number of aromatic nitrogens is 3. The Bertz CT molecular complexity index is 1630. The van der Waals surface area contributed by atoms with Crippen molar-refractivity contribution in [3.63, 3.8) is 0 Å². The zero-order chi connectivity index (χ0) is 29.8. The average molecular weight is 572 g/mol. The molecule has 0 unspecified atom stereocenters. The van der Waals surface area contributed by atoms with Crippen molar-refractivity contribution in [2.24, 2.45) is 7.05 Å². The predicted octanol–water partition coefficient (Wildman–Crippen LogP) is 4.71. The van der Waals surface area contributed by atoms with Gasteiger partial charge < -0.3 is 20.5 Å². The lowest BCUT2D eigenvalue weighted by molar-refractivity contribution is 0.0887. The summed E-state index contributed by atoms with van der Waals surface area (Å²) in [6.45, 7) is 1.88. The molecule has 0 radical (unpaired) electrons. The minimum absolute atomic E-state index is 0.0379. The number of carbonyl (C=O) groups is 3.